The van der Waals surface area contributed by atoms with Crippen molar-refractivity contribution in [1.82, 2.24) is 10.4 Å². The minimum Gasteiger partial charge on any atom is -0.375 e. The number of nitrogens with two attached hydrogens (primary N) is 1. The Bertz CT molecular complexity index is 471. The summed E-state index contributed by atoms with van der Waals surface area (Å²) >= 11 is 0. The second kappa shape index (κ2) is 7.17. The van der Waals surface area contributed by atoms with E-state index in [9.17, 15) is 4.79 Å². The third-order valence-corrected chi connectivity index (χ3v) is 3.72. The molecule has 2 atom stereocenters. The van der Waals surface area contributed by atoms with E-state index in [1.165, 1.54) is 6.20 Å². The maximum atomic E-state index is 11.3. The van der Waals surface area contributed by atoms with E-state index < -0.39 is 0 Å². The fraction of sp³-hybridized carbons (Fsp3) is 0.467. The van der Waals surface area contributed by atoms with Gasteiger partial charge in [-0.25, -0.2) is 5.84 Å². The van der Waals surface area contributed by atoms with Crippen molar-refractivity contribution < 1.29 is 9.53 Å². The molecule has 3 N–H and O–H groups in total. The van der Waals surface area contributed by atoms with Crippen LogP contribution in [0.1, 0.15) is 35.8 Å². The van der Waals surface area contributed by atoms with E-state index >= 15 is 0 Å². The molecular weight excluding hydrogens is 254 g/mol. The molecular formula is C15H21N3O2. The highest BCUT2D eigenvalue weighted by molar-refractivity contribution is 5.93. The average Bonchev–Trinajstić information content (AvgIpc) is 2.49. The van der Waals surface area contributed by atoms with Gasteiger partial charge >= 0.3 is 0 Å². The number of carbonyl (C=O) groups is 1. The summed E-state index contributed by atoms with van der Waals surface area (Å²) in [4.78, 5) is 15.5. The smallest absolute Gasteiger partial charge is 0.266 e. The van der Waals surface area contributed by atoms with Gasteiger partial charge in [0, 0.05) is 6.20 Å². The Morgan fingerprint density at radius 1 is 1.45 bits per heavy atom. The molecule has 0 aromatic carbocycles. The summed E-state index contributed by atoms with van der Waals surface area (Å²) in [7, 11) is 0. The summed E-state index contributed by atoms with van der Waals surface area (Å²) in [6.45, 7) is 3.48. The lowest BCUT2D eigenvalue weighted by Crippen LogP contribution is -2.30. The first kappa shape index (κ1) is 14.7. The number of hydrogen-bond donors (Lipinski definition) is 2. The van der Waals surface area contributed by atoms with Crippen molar-refractivity contribution in [1.29, 1.82) is 0 Å². The molecule has 1 aliphatic carbocycles. The van der Waals surface area contributed by atoms with Crippen molar-refractivity contribution in [3.05, 3.63) is 41.7 Å². The summed E-state index contributed by atoms with van der Waals surface area (Å²) in [5, 5.41) is 0. The molecule has 0 radical (unpaired) electrons. The highest BCUT2D eigenvalue weighted by Crippen LogP contribution is 2.25. The van der Waals surface area contributed by atoms with Crippen LogP contribution in [0.25, 0.3) is 0 Å². The van der Waals surface area contributed by atoms with Gasteiger partial charge in [0.25, 0.3) is 5.91 Å². The molecule has 0 saturated heterocycles. The number of nitrogens with one attached hydrogen (secondary N) is 1. The van der Waals surface area contributed by atoms with Gasteiger partial charge in [-0.2, -0.15) is 0 Å². The zero-order valence-electron chi connectivity index (χ0n) is 11.7. The van der Waals surface area contributed by atoms with Crippen molar-refractivity contribution in [2.75, 3.05) is 6.61 Å². The predicted molar refractivity (Wildman–Crippen MR) is 76.6 cm³/mol. The lowest BCUT2D eigenvalue weighted by Gasteiger charge is -2.24. The first-order valence-corrected chi connectivity index (χ1v) is 6.89. The molecule has 2 unspecified atom stereocenters. The molecule has 1 aliphatic rings. The number of carbonyl (C=O) groups excluding carboxylic acids is 1. The number of allylic oxidation sites excluding steroid dienone is 2. The molecule has 0 saturated carbocycles. The largest absolute Gasteiger partial charge is 0.375 e. The second-order valence-electron chi connectivity index (χ2n) is 5.21. The molecule has 0 spiro atoms. The van der Waals surface area contributed by atoms with Crippen molar-refractivity contribution in [3.8, 4) is 0 Å². The SMILES string of the molecule is CC1CC=CCC1COCc1ccc(C(=O)NN)cn1. The first-order valence-electron chi connectivity index (χ1n) is 6.89. The third-order valence-electron chi connectivity index (χ3n) is 3.72. The van der Waals surface area contributed by atoms with Gasteiger partial charge in [0.2, 0.25) is 0 Å². The van der Waals surface area contributed by atoms with Crippen LogP contribution >= 0.6 is 0 Å². The zero-order chi connectivity index (χ0) is 14.4. The van der Waals surface area contributed by atoms with Crippen molar-refractivity contribution in [2.24, 2.45) is 17.7 Å². The number of nitrogen functional groups attached to an aromatic ring is 1. The summed E-state index contributed by atoms with van der Waals surface area (Å²) in [5.74, 6) is 5.98. The van der Waals surface area contributed by atoms with Crippen molar-refractivity contribution in [3.63, 3.8) is 0 Å². The Kier molecular flexibility index (Phi) is 5.26. The Morgan fingerprint density at radius 3 is 2.90 bits per heavy atom. The standard InChI is InChI=1S/C15H21N3O2/c1-11-4-2-3-5-13(11)9-20-10-14-7-6-12(8-17-14)15(19)18-16/h2-3,6-8,11,13H,4-5,9-10,16H2,1H3,(H,18,19). The molecule has 0 aliphatic heterocycles. The van der Waals surface area contributed by atoms with Gasteiger partial charge in [0.05, 0.1) is 24.5 Å². The van der Waals surface area contributed by atoms with Crippen LogP contribution in [-0.2, 0) is 11.3 Å². The molecule has 5 heteroatoms. The topological polar surface area (TPSA) is 77.2 Å². The monoisotopic (exact) mass is 275 g/mol. The van der Waals surface area contributed by atoms with Crippen LogP contribution in [-0.4, -0.2) is 17.5 Å². The number of hydrazine groups is 1. The number of rotatable bonds is 5. The van der Waals surface area contributed by atoms with Gasteiger partial charge in [0.1, 0.15) is 0 Å². The van der Waals surface area contributed by atoms with E-state index in [2.05, 4.69) is 29.5 Å². The van der Waals surface area contributed by atoms with Gasteiger partial charge in [-0.1, -0.05) is 19.1 Å². The van der Waals surface area contributed by atoms with Gasteiger partial charge in [-0.15, -0.1) is 0 Å². The van der Waals surface area contributed by atoms with Crippen LogP contribution < -0.4 is 11.3 Å². The lowest BCUT2D eigenvalue weighted by molar-refractivity contribution is 0.0662. The van der Waals surface area contributed by atoms with E-state index in [0.717, 1.165) is 25.1 Å². The number of hydrogen-bond acceptors (Lipinski definition) is 4. The molecule has 1 aromatic rings. The summed E-state index contributed by atoms with van der Waals surface area (Å²) in [6, 6.07) is 3.48. The lowest BCUT2D eigenvalue weighted by atomic mass is 9.85. The normalized spacial score (nSPS) is 21.7. The molecule has 0 bridgehead atoms. The van der Waals surface area contributed by atoms with E-state index in [0.29, 0.717) is 24.0 Å². The fourth-order valence-corrected chi connectivity index (χ4v) is 2.28. The maximum Gasteiger partial charge on any atom is 0.266 e. The molecule has 5 nitrogen and oxygen atoms in total. The molecule has 1 heterocycles. The minimum atomic E-state index is -0.340. The highest BCUT2D eigenvalue weighted by atomic mass is 16.5. The van der Waals surface area contributed by atoms with Gasteiger partial charge in [-0.3, -0.25) is 15.2 Å². The number of amides is 1. The Hall–Kier alpha value is -1.72. The van der Waals surface area contributed by atoms with Crippen molar-refractivity contribution in [2.45, 2.75) is 26.4 Å². The Balaban J connectivity index is 1.79. The highest BCUT2D eigenvalue weighted by Gasteiger charge is 2.18. The molecule has 20 heavy (non-hydrogen) atoms. The van der Waals surface area contributed by atoms with Crippen LogP contribution in [0.3, 0.4) is 0 Å². The number of ether oxygens (including phenoxy) is 1. The summed E-state index contributed by atoms with van der Waals surface area (Å²) < 4.78 is 5.73. The molecule has 2 rings (SSSR count). The molecule has 1 aromatic heterocycles. The summed E-state index contributed by atoms with van der Waals surface area (Å²) in [5.41, 5.74) is 3.34. The second-order valence-corrected chi connectivity index (χ2v) is 5.21. The van der Waals surface area contributed by atoms with E-state index in [1.54, 1.807) is 12.1 Å². The predicted octanol–water partition coefficient (Wildman–Crippen LogP) is 1.80. The molecule has 1 amide bonds. The third kappa shape index (κ3) is 3.88. The number of aromatic nitrogens is 1. The van der Waals surface area contributed by atoms with Gasteiger partial charge < -0.3 is 4.74 Å². The first-order chi connectivity index (χ1) is 9.70. The fourth-order valence-electron chi connectivity index (χ4n) is 2.28. The summed E-state index contributed by atoms with van der Waals surface area (Å²) in [6.07, 6.45) is 8.20. The van der Waals surface area contributed by atoms with E-state index in [4.69, 9.17) is 10.6 Å². The van der Waals surface area contributed by atoms with Gasteiger partial charge in [-0.05, 0) is 36.8 Å². The van der Waals surface area contributed by atoms with Crippen LogP contribution in [0.15, 0.2) is 30.5 Å². The average molecular weight is 275 g/mol. The van der Waals surface area contributed by atoms with Gasteiger partial charge in [0.15, 0.2) is 0 Å². The van der Waals surface area contributed by atoms with Crippen LogP contribution in [0, 0.1) is 11.8 Å². The molecule has 108 valence electrons. The Morgan fingerprint density at radius 2 is 2.25 bits per heavy atom. The van der Waals surface area contributed by atoms with Crippen LogP contribution in [0.4, 0.5) is 0 Å². The Labute approximate surface area is 119 Å². The van der Waals surface area contributed by atoms with E-state index in [1.807, 2.05) is 0 Å². The number of pyridine rings is 1. The zero-order valence-corrected chi connectivity index (χ0v) is 11.7. The van der Waals surface area contributed by atoms with Crippen LogP contribution in [0.5, 0.6) is 0 Å². The molecule has 0 fully saturated rings. The van der Waals surface area contributed by atoms with Crippen molar-refractivity contribution >= 4 is 5.91 Å². The maximum absolute atomic E-state index is 11.3. The minimum absolute atomic E-state index is 0.340. The number of nitrogens with zero attached hydrogens (tertiary/aromatic N) is 1. The van der Waals surface area contributed by atoms with Crippen LogP contribution in [0.2, 0.25) is 0 Å². The van der Waals surface area contributed by atoms with E-state index in [-0.39, 0.29) is 5.91 Å². The quantitative estimate of drug-likeness (QED) is 0.372.